The third kappa shape index (κ3) is 68.1. The van der Waals surface area contributed by atoms with Crippen molar-refractivity contribution in [1.82, 2.24) is 5.32 Å². The van der Waals surface area contributed by atoms with E-state index in [-0.39, 0.29) is 19.1 Å². The van der Waals surface area contributed by atoms with Crippen molar-refractivity contribution >= 4 is 13.7 Å². The average Bonchev–Trinajstić information content (AvgIpc) is 3.70. The number of unbranched alkanes of at least 4 members (excludes halogenated alkanes) is 31. The van der Waals surface area contributed by atoms with Gasteiger partial charge < -0.3 is 19.8 Å². The third-order valence-corrected chi connectivity index (χ3v) is 16.3. The van der Waals surface area contributed by atoms with Crippen LogP contribution in [0.3, 0.4) is 0 Å². The lowest BCUT2D eigenvalue weighted by Crippen LogP contribution is -2.45. The second kappa shape index (κ2) is 66.1. The number of likely N-dealkylation sites (N-methyl/N-ethyl adjacent to an activating group) is 1. The number of phosphoric ester groups is 1. The lowest BCUT2D eigenvalue weighted by atomic mass is 10.0. The van der Waals surface area contributed by atoms with Crippen LogP contribution in [0.1, 0.15) is 296 Å². The van der Waals surface area contributed by atoms with Gasteiger partial charge in [0.05, 0.1) is 39.9 Å². The maximum Gasteiger partial charge on any atom is 0.472 e. The van der Waals surface area contributed by atoms with E-state index in [9.17, 15) is 19.4 Å². The molecule has 0 aromatic heterocycles. The summed E-state index contributed by atoms with van der Waals surface area (Å²) in [6, 6.07) is -0.875. The number of rotatable bonds is 64. The van der Waals surface area contributed by atoms with E-state index >= 15 is 0 Å². The van der Waals surface area contributed by atoms with Crippen molar-refractivity contribution < 1.29 is 32.9 Å². The molecular weight excluding hydrogens is 1080 g/mol. The largest absolute Gasteiger partial charge is 0.472 e. The summed E-state index contributed by atoms with van der Waals surface area (Å²) < 4.78 is 23.8. The zero-order valence-electron chi connectivity index (χ0n) is 56.5. The molecule has 3 atom stereocenters. The minimum Gasteiger partial charge on any atom is -0.387 e. The van der Waals surface area contributed by atoms with E-state index in [2.05, 4.69) is 141 Å². The smallest absolute Gasteiger partial charge is 0.387 e. The Kier molecular flexibility index (Phi) is 63.5. The Hall–Kier alpha value is -3.36. The Labute approximate surface area is 532 Å². The van der Waals surface area contributed by atoms with E-state index in [0.29, 0.717) is 17.4 Å². The summed E-state index contributed by atoms with van der Waals surface area (Å²) >= 11 is 0. The van der Waals surface area contributed by atoms with Crippen molar-refractivity contribution in [3.8, 4) is 0 Å². The number of carbonyl (C=O) groups is 1. The van der Waals surface area contributed by atoms with E-state index in [0.717, 1.165) is 96.3 Å². The molecule has 0 fully saturated rings. The molecule has 86 heavy (non-hydrogen) atoms. The van der Waals surface area contributed by atoms with Crippen molar-refractivity contribution in [3.63, 3.8) is 0 Å². The second-order valence-corrected chi connectivity index (χ2v) is 26.3. The standard InChI is InChI=1S/C77H135N2O6P/c1-6-8-10-12-14-16-18-20-22-24-26-28-30-32-33-34-35-36-37-38-39-40-41-42-43-44-45-47-49-51-53-55-57-59-61-63-65-67-69-71-77(81)78-75(74-85-86(82,83)84-73-72-79(3,4)5)76(80)70-68-66-64-62-60-58-56-54-52-50-48-46-31-29-27-25-23-21-19-17-15-13-11-9-7-2/h8,10,14,16,20,22,26,28,32-33,35-36,38-39,41-42,44-45,60,62,68,70,75-76,80H,6-7,9,11-13,15,17-19,21,23-25,27,29-31,34,37,40,43,46-59,61,63-67,69,71-74H2,1-5H3,(H-,78,81,82,83)/p+1/b10-8-,16-14-,22-20-,28-26-,33-32-,36-35-,39-38-,42-41-,45-44-,62-60+,70-68+. The van der Waals surface area contributed by atoms with Crippen molar-refractivity contribution in [3.05, 3.63) is 134 Å². The first-order valence-corrected chi connectivity index (χ1v) is 37.1. The molecule has 0 bridgehead atoms. The van der Waals surface area contributed by atoms with Gasteiger partial charge in [-0.25, -0.2) is 4.57 Å². The SMILES string of the molecule is CC/C=C\C/C=C\C/C=C\C/C=C\C/C=C\C/C=C\C/C=C\C/C=C\C/C=C\CCCCCCCCCCCCCC(=O)NC(COP(=O)(O)OCC[N+](C)(C)C)C(O)/C=C/CC/C=C/CCCCCCCCCCCCCCCCCCCCC. The van der Waals surface area contributed by atoms with E-state index in [1.165, 1.54) is 180 Å². The minimum absolute atomic E-state index is 0.0502. The van der Waals surface area contributed by atoms with Gasteiger partial charge in [0.1, 0.15) is 13.2 Å². The predicted molar refractivity (Wildman–Crippen MR) is 378 cm³/mol. The van der Waals surface area contributed by atoms with Gasteiger partial charge in [-0.1, -0.05) is 321 Å². The molecule has 0 saturated heterocycles. The Morgan fingerprint density at radius 2 is 0.709 bits per heavy atom. The maximum absolute atomic E-state index is 13.1. The zero-order chi connectivity index (χ0) is 62.6. The summed E-state index contributed by atoms with van der Waals surface area (Å²) in [5, 5.41) is 14.0. The average molecular weight is 1220 g/mol. The lowest BCUT2D eigenvalue weighted by Gasteiger charge is -2.25. The third-order valence-electron chi connectivity index (χ3n) is 15.4. The maximum atomic E-state index is 13.1. The van der Waals surface area contributed by atoms with E-state index < -0.39 is 20.0 Å². The van der Waals surface area contributed by atoms with Crippen molar-refractivity contribution in [2.75, 3.05) is 40.9 Å². The molecule has 0 aromatic rings. The zero-order valence-corrected chi connectivity index (χ0v) is 57.4. The Morgan fingerprint density at radius 1 is 0.407 bits per heavy atom. The monoisotopic (exact) mass is 1220 g/mol. The summed E-state index contributed by atoms with van der Waals surface area (Å²) in [5.41, 5.74) is 0. The number of nitrogens with zero attached hydrogens (tertiary/aromatic N) is 1. The number of carbonyl (C=O) groups excluding carboxylic acids is 1. The first kappa shape index (κ1) is 82.6. The summed E-state index contributed by atoms with van der Waals surface area (Å²) in [6.45, 7) is 4.70. The van der Waals surface area contributed by atoms with Gasteiger partial charge in [0.25, 0.3) is 0 Å². The Bertz CT molecular complexity index is 1870. The van der Waals surface area contributed by atoms with Crippen LogP contribution in [-0.4, -0.2) is 73.4 Å². The van der Waals surface area contributed by atoms with Gasteiger partial charge in [-0.15, -0.1) is 0 Å². The molecule has 1 amide bonds. The van der Waals surface area contributed by atoms with Gasteiger partial charge in [0.2, 0.25) is 5.91 Å². The van der Waals surface area contributed by atoms with Gasteiger partial charge in [-0.05, 0) is 103 Å². The normalized spacial score (nSPS) is 14.5. The topological polar surface area (TPSA) is 105 Å². The van der Waals surface area contributed by atoms with Crippen LogP contribution in [-0.2, 0) is 18.4 Å². The van der Waals surface area contributed by atoms with Crippen LogP contribution in [0.2, 0.25) is 0 Å². The molecule has 494 valence electrons. The fourth-order valence-electron chi connectivity index (χ4n) is 9.88. The molecule has 0 aliphatic rings. The first-order chi connectivity index (χ1) is 42.0. The number of nitrogens with one attached hydrogen (secondary N) is 1. The number of phosphoric acid groups is 1. The molecule has 0 aliphatic carbocycles. The highest BCUT2D eigenvalue weighted by molar-refractivity contribution is 7.47. The minimum atomic E-state index is -4.37. The van der Waals surface area contributed by atoms with Gasteiger partial charge in [-0.3, -0.25) is 13.8 Å². The van der Waals surface area contributed by atoms with Crippen LogP contribution < -0.4 is 5.32 Å². The highest BCUT2D eigenvalue weighted by atomic mass is 31.2. The quantitative estimate of drug-likeness (QED) is 0.0243. The van der Waals surface area contributed by atoms with Crippen LogP contribution >= 0.6 is 7.82 Å². The van der Waals surface area contributed by atoms with Crippen molar-refractivity contribution in [2.45, 2.75) is 309 Å². The number of aliphatic hydroxyl groups is 1. The van der Waals surface area contributed by atoms with Gasteiger partial charge in [0.15, 0.2) is 0 Å². The number of hydrogen-bond acceptors (Lipinski definition) is 5. The molecule has 0 saturated carbocycles. The molecule has 0 aliphatic heterocycles. The fourth-order valence-corrected chi connectivity index (χ4v) is 10.6. The highest BCUT2D eigenvalue weighted by Gasteiger charge is 2.28. The molecule has 8 nitrogen and oxygen atoms in total. The van der Waals surface area contributed by atoms with Crippen LogP contribution in [0, 0.1) is 0 Å². The highest BCUT2D eigenvalue weighted by Crippen LogP contribution is 2.43. The lowest BCUT2D eigenvalue weighted by molar-refractivity contribution is -0.870. The van der Waals surface area contributed by atoms with E-state index in [1.807, 2.05) is 27.2 Å². The summed E-state index contributed by atoms with van der Waals surface area (Å²) in [5.74, 6) is -0.192. The van der Waals surface area contributed by atoms with Crippen molar-refractivity contribution in [2.24, 2.45) is 0 Å². The molecule has 0 radical (unpaired) electrons. The Balaban J connectivity index is 4.14. The molecule has 0 aromatic carbocycles. The molecule has 3 N–H and O–H groups in total. The van der Waals surface area contributed by atoms with Gasteiger partial charge in [0, 0.05) is 6.42 Å². The number of hydrogen-bond donors (Lipinski definition) is 3. The predicted octanol–water partition coefficient (Wildman–Crippen LogP) is 23.0. The second-order valence-electron chi connectivity index (χ2n) is 24.9. The molecular formula is C77H136N2O6P+. The molecule has 0 spiro atoms. The first-order valence-electron chi connectivity index (χ1n) is 35.6. The van der Waals surface area contributed by atoms with E-state index in [1.54, 1.807) is 6.08 Å². The van der Waals surface area contributed by atoms with Crippen LogP contribution in [0.15, 0.2) is 134 Å². The van der Waals surface area contributed by atoms with Crippen LogP contribution in [0.25, 0.3) is 0 Å². The summed E-state index contributed by atoms with van der Waals surface area (Å²) in [4.78, 5) is 23.4. The van der Waals surface area contributed by atoms with Gasteiger partial charge in [-0.2, -0.15) is 0 Å². The van der Waals surface area contributed by atoms with Gasteiger partial charge >= 0.3 is 7.82 Å². The molecule has 9 heteroatoms. The number of quaternary nitrogens is 1. The van der Waals surface area contributed by atoms with Crippen LogP contribution in [0.5, 0.6) is 0 Å². The Morgan fingerprint density at radius 3 is 1.07 bits per heavy atom. The fraction of sp³-hybridized carbons (Fsp3) is 0.701. The van der Waals surface area contributed by atoms with Crippen molar-refractivity contribution in [1.29, 1.82) is 0 Å². The number of aliphatic hydroxyl groups excluding tert-OH is 1. The number of allylic oxidation sites excluding steroid dienone is 21. The molecule has 0 rings (SSSR count). The number of amides is 1. The molecule has 3 unspecified atom stereocenters. The van der Waals surface area contributed by atoms with E-state index in [4.69, 9.17) is 9.05 Å². The summed E-state index contributed by atoms with van der Waals surface area (Å²) in [6.07, 6.45) is 100. The molecule has 0 heterocycles. The summed E-state index contributed by atoms with van der Waals surface area (Å²) in [7, 11) is 1.54. The van der Waals surface area contributed by atoms with Crippen LogP contribution in [0.4, 0.5) is 0 Å².